The molecule has 4 nitrogen and oxygen atoms in total. The maximum atomic E-state index is 10.7. The molecule has 3 aromatic carbocycles. The van der Waals surface area contributed by atoms with E-state index in [1.54, 1.807) is 0 Å². The zero-order valence-corrected chi connectivity index (χ0v) is 19.1. The van der Waals surface area contributed by atoms with Gasteiger partial charge >= 0.3 is 16.5 Å². The van der Waals surface area contributed by atoms with E-state index in [2.05, 4.69) is 16.9 Å². The minimum atomic E-state index is -0.414. The zero-order chi connectivity index (χ0) is 21.8. The predicted octanol–water partition coefficient (Wildman–Crippen LogP) is 5.80. The summed E-state index contributed by atoms with van der Waals surface area (Å²) in [5, 5.41) is 21.4. The first-order valence-corrected chi connectivity index (χ1v) is 10.2. The number of hydrogen-bond donors (Lipinski definition) is 0. The van der Waals surface area contributed by atoms with Gasteiger partial charge in [0, 0.05) is 6.21 Å². The van der Waals surface area contributed by atoms with Crippen LogP contribution in [0.2, 0.25) is 0 Å². The van der Waals surface area contributed by atoms with E-state index < -0.39 is 11.5 Å². The van der Waals surface area contributed by atoms with Crippen molar-refractivity contribution in [1.29, 1.82) is 0 Å². The summed E-state index contributed by atoms with van der Waals surface area (Å²) in [7, 11) is 0. The summed E-state index contributed by atoms with van der Waals surface area (Å²) < 4.78 is 0. The molecular formula is C26H28N2NiO2. The van der Waals surface area contributed by atoms with E-state index >= 15 is 0 Å². The van der Waals surface area contributed by atoms with E-state index in [0.717, 1.165) is 47.5 Å². The summed E-state index contributed by atoms with van der Waals surface area (Å²) in [5.41, 5.74) is 4.74. The molecule has 0 saturated heterocycles. The Bertz CT molecular complexity index is 921. The standard InChI is InChI=1S/C18H20N2.C8H10O2.Ni/c1-2-3-10-18(20-17-13-8-5-9-14-17)15-19-16-11-6-4-7-12-16;1-5-3-7(9)8(10)4-6(5)2;/h4-9,11-15H,2-3,10H2,1H3;3-4,9-10H,1-2H3;/q;;+2/p-2. The summed E-state index contributed by atoms with van der Waals surface area (Å²) in [4.78, 5) is 9.18. The van der Waals surface area contributed by atoms with E-state index in [4.69, 9.17) is 0 Å². The molecule has 0 spiro atoms. The minimum absolute atomic E-state index is 0. The van der Waals surface area contributed by atoms with Crippen LogP contribution in [0.15, 0.2) is 82.8 Å². The van der Waals surface area contributed by atoms with Gasteiger partial charge in [-0.1, -0.05) is 61.9 Å². The van der Waals surface area contributed by atoms with Crippen LogP contribution in [0, 0.1) is 13.8 Å². The molecule has 3 aromatic rings. The van der Waals surface area contributed by atoms with Gasteiger partial charge in [-0.25, -0.2) is 0 Å². The summed E-state index contributed by atoms with van der Waals surface area (Å²) in [6.07, 6.45) is 5.14. The van der Waals surface area contributed by atoms with E-state index in [-0.39, 0.29) is 16.5 Å². The van der Waals surface area contributed by atoms with Gasteiger partial charge in [0.2, 0.25) is 0 Å². The monoisotopic (exact) mass is 458 g/mol. The SMILES string of the molecule is CCCCC(C=Nc1ccccc1)=Nc1ccccc1.Cc1cc([O-])c([O-])cc1C.[Ni+2]. The van der Waals surface area contributed by atoms with E-state index in [0.29, 0.717) is 0 Å². The molecule has 0 fully saturated rings. The minimum Gasteiger partial charge on any atom is -0.873 e. The number of benzene rings is 3. The summed E-state index contributed by atoms with van der Waals surface area (Å²) in [5.74, 6) is -0.828. The van der Waals surface area contributed by atoms with Crippen LogP contribution < -0.4 is 10.2 Å². The second-order valence-electron chi connectivity index (χ2n) is 7.02. The normalized spacial score (nSPS) is 10.9. The Hall–Kier alpha value is -2.91. The van der Waals surface area contributed by atoms with Gasteiger partial charge in [0.1, 0.15) is 0 Å². The summed E-state index contributed by atoms with van der Waals surface area (Å²) >= 11 is 0. The van der Waals surface area contributed by atoms with Gasteiger partial charge in [0.15, 0.2) is 0 Å². The van der Waals surface area contributed by atoms with Crippen LogP contribution in [-0.2, 0) is 16.5 Å². The van der Waals surface area contributed by atoms with Crippen LogP contribution in [-0.4, -0.2) is 11.9 Å². The van der Waals surface area contributed by atoms with E-state index in [1.165, 1.54) is 12.1 Å². The number of nitrogens with zero attached hydrogens (tertiary/aromatic N) is 2. The molecule has 0 bridgehead atoms. The predicted molar refractivity (Wildman–Crippen MR) is 122 cm³/mol. The fraction of sp³-hybridized carbons (Fsp3) is 0.231. The van der Waals surface area contributed by atoms with Crippen molar-refractivity contribution in [2.75, 3.05) is 0 Å². The van der Waals surface area contributed by atoms with Crippen molar-refractivity contribution in [2.24, 2.45) is 9.98 Å². The number of rotatable bonds is 6. The van der Waals surface area contributed by atoms with Gasteiger partial charge in [0.25, 0.3) is 0 Å². The van der Waals surface area contributed by atoms with Crippen molar-refractivity contribution in [3.63, 3.8) is 0 Å². The molecule has 3 rings (SSSR count). The average Bonchev–Trinajstić information content (AvgIpc) is 2.76. The fourth-order valence-electron chi connectivity index (χ4n) is 2.60. The zero-order valence-electron chi connectivity index (χ0n) is 18.2. The molecule has 0 aliphatic carbocycles. The first kappa shape index (κ1) is 26.1. The van der Waals surface area contributed by atoms with Crippen molar-refractivity contribution in [3.05, 3.63) is 83.9 Å². The molecule has 31 heavy (non-hydrogen) atoms. The smallest absolute Gasteiger partial charge is 0.873 e. The Morgan fingerprint density at radius 3 is 1.77 bits per heavy atom. The average molecular weight is 459 g/mol. The Labute approximate surface area is 195 Å². The molecule has 0 aromatic heterocycles. The molecular weight excluding hydrogens is 431 g/mol. The van der Waals surface area contributed by atoms with Crippen LogP contribution >= 0.6 is 0 Å². The van der Waals surface area contributed by atoms with Gasteiger partial charge in [-0.2, -0.15) is 0 Å². The number of aryl methyl sites for hydroxylation is 2. The van der Waals surface area contributed by atoms with Crippen LogP contribution in [0.4, 0.5) is 11.4 Å². The second kappa shape index (κ2) is 14.2. The molecule has 0 amide bonds. The van der Waals surface area contributed by atoms with Crippen LogP contribution in [0.25, 0.3) is 0 Å². The number of hydrogen-bond acceptors (Lipinski definition) is 4. The fourth-order valence-corrected chi connectivity index (χ4v) is 2.60. The second-order valence-corrected chi connectivity index (χ2v) is 7.02. The first-order valence-electron chi connectivity index (χ1n) is 10.2. The molecule has 0 unspecified atom stereocenters. The molecule has 0 radical (unpaired) electrons. The van der Waals surface area contributed by atoms with Crippen molar-refractivity contribution in [1.82, 2.24) is 0 Å². The molecule has 0 heterocycles. The van der Waals surface area contributed by atoms with Gasteiger partial charge in [-0.05, 0) is 62.1 Å². The molecule has 0 saturated carbocycles. The maximum Gasteiger partial charge on any atom is 2.00 e. The molecule has 0 aliphatic rings. The summed E-state index contributed by atoms with van der Waals surface area (Å²) in [6, 6.07) is 22.8. The largest absolute Gasteiger partial charge is 2.00 e. The van der Waals surface area contributed by atoms with Crippen LogP contribution in [0.3, 0.4) is 0 Å². The third-order valence-corrected chi connectivity index (χ3v) is 4.49. The van der Waals surface area contributed by atoms with Gasteiger partial charge in [-0.3, -0.25) is 9.98 Å². The van der Waals surface area contributed by atoms with Crippen molar-refractivity contribution >= 4 is 23.3 Å². The van der Waals surface area contributed by atoms with Gasteiger partial charge in [0.05, 0.1) is 17.1 Å². The van der Waals surface area contributed by atoms with Gasteiger partial charge in [-0.15, -0.1) is 11.5 Å². The van der Waals surface area contributed by atoms with Gasteiger partial charge < -0.3 is 10.2 Å². The third-order valence-electron chi connectivity index (χ3n) is 4.49. The van der Waals surface area contributed by atoms with E-state index in [9.17, 15) is 10.2 Å². The Morgan fingerprint density at radius 1 is 0.806 bits per heavy atom. The number of unbranched alkanes of at least 4 members (excludes halogenated alkanes) is 1. The number of para-hydroxylation sites is 2. The first-order chi connectivity index (χ1) is 14.5. The molecule has 0 N–H and O–H groups in total. The third kappa shape index (κ3) is 9.63. The summed E-state index contributed by atoms with van der Waals surface area (Å²) in [6.45, 7) is 5.82. The van der Waals surface area contributed by atoms with Crippen molar-refractivity contribution < 1.29 is 26.7 Å². The topological polar surface area (TPSA) is 70.8 Å². The molecule has 0 aliphatic heterocycles. The van der Waals surface area contributed by atoms with Crippen molar-refractivity contribution in [3.8, 4) is 11.5 Å². The molecule has 0 atom stereocenters. The number of aliphatic imine (C=N–C) groups is 2. The molecule has 5 heteroatoms. The van der Waals surface area contributed by atoms with Crippen LogP contribution in [0.1, 0.15) is 37.3 Å². The van der Waals surface area contributed by atoms with E-state index in [1.807, 2.05) is 80.7 Å². The van der Waals surface area contributed by atoms with Crippen molar-refractivity contribution in [2.45, 2.75) is 40.0 Å². The Balaban J connectivity index is 0.000000370. The Kier molecular flexibility index (Phi) is 11.9. The van der Waals surface area contributed by atoms with Crippen LogP contribution in [0.5, 0.6) is 11.5 Å². The maximum absolute atomic E-state index is 10.7. The Morgan fingerprint density at radius 2 is 1.29 bits per heavy atom. The molecule has 164 valence electrons. The quantitative estimate of drug-likeness (QED) is 0.345.